The van der Waals surface area contributed by atoms with Gasteiger partial charge in [0.05, 0.1) is 19.0 Å². The average Bonchev–Trinajstić information content (AvgIpc) is 2.63. The van der Waals surface area contributed by atoms with Crippen molar-refractivity contribution in [1.29, 1.82) is 0 Å². The highest BCUT2D eigenvalue weighted by Gasteiger charge is 2.21. The van der Waals surface area contributed by atoms with Crippen LogP contribution in [0.4, 0.5) is 10.5 Å². The molecule has 1 heterocycles. The number of alkyl carbamates (subject to hydrolysis) is 1. The second-order valence-electron chi connectivity index (χ2n) is 7.48. The second-order valence-corrected chi connectivity index (χ2v) is 7.48. The van der Waals surface area contributed by atoms with E-state index in [4.69, 9.17) is 14.2 Å². The Bertz CT molecular complexity index is 860. The Hall–Kier alpha value is -3.29. The van der Waals surface area contributed by atoms with E-state index >= 15 is 0 Å². The van der Waals surface area contributed by atoms with Gasteiger partial charge >= 0.3 is 6.09 Å². The average molecular weight is 401 g/mol. The van der Waals surface area contributed by atoms with Gasteiger partial charge in [0.1, 0.15) is 23.1 Å². The van der Waals surface area contributed by atoms with Crippen LogP contribution in [0.2, 0.25) is 0 Å². The van der Waals surface area contributed by atoms with Gasteiger partial charge in [0, 0.05) is 12.1 Å². The quantitative estimate of drug-likeness (QED) is 0.758. The van der Waals surface area contributed by atoms with E-state index < -0.39 is 23.6 Å². The van der Waals surface area contributed by atoms with Gasteiger partial charge in [-0.3, -0.25) is 4.79 Å². The molecule has 0 saturated carbocycles. The maximum atomic E-state index is 12.3. The lowest BCUT2D eigenvalue weighted by Gasteiger charge is -2.21. The molecule has 0 fully saturated rings. The molecular formula is C21H27N3O5. The number of nitrogens with zero attached hydrogens (tertiary/aromatic N) is 1. The molecule has 2 amide bonds. The minimum atomic E-state index is -0.778. The maximum Gasteiger partial charge on any atom is 0.408 e. The number of methoxy groups -OCH3 is 1. The van der Waals surface area contributed by atoms with E-state index in [9.17, 15) is 9.59 Å². The highest BCUT2D eigenvalue weighted by Crippen LogP contribution is 2.28. The van der Waals surface area contributed by atoms with Crippen LogP contribution in [0, 0.1) is 6.92 Å². The lowest BCUT2D eigenvalue weighted by atomic mass is 10.2. The molecule has 0 aliphatic carbocycles. The van der Waals surface area contributed by atoms with E-state index in [2.05, 4.69) is 15.6 Å². The van der Waals surface area contributed by atoms with Gasteiger partial charge in [-0.05, 0) is 52.3 Å². The van der Waals surface area contributed by atoms with Crippen LogP contribution >= 0.6 is 0 Å². The Morgan fingerprint density at radius 1 is 1.14 bits per heavy atom. The molecule has 0 bridgehead atoms. The van der Waals surface area contributed by atoms with Gasteiger partial charge in [-0.1, -0.05) is 6.07 Å². The summed E-state index contributed by atoms with van der Waals surface area (Å²) in [5.41, 5.74) is 0.774. The van der Waals surface area contributed by atoms with Crippen LogP contribution in [0.3, 0.4) is 0 Å². The minimum Gasteiger partial charge on any atom is -0.497 e. The van der Waals surface area contributed by atoms with Crippen molar-refractivity contribution in [3.63, 3.8) is 0 Å². The van der Waals surface area contributed by atoms with Crippen molar-refractivity contribution in [2.75, 3.05) is 12.4 Å². The molecule has 29 heavy (non-hydrogen) atoms. The molecule has 2 aromatic rings. The van der Waals surface area contributed by atoms with Crippen LogP contribution in [0.1, 0.15) is 33.3 Å². The van der Waals surface area contributed by atoms with Crippen molar-refractivity contribution in [3.8, 4) is 17.4 Å². The predicted octanol–water partition coefficient (Wildman–Crippen LogP) is 4.04. The van der Waals surface area contributed by atoms with Crippen molar-refractivity contribution in [2.24, 2.45) is 0 Å². The van der Waals surface area contributed by atoms with Gasteiger partial charge in [0.15, 0.2) is 0 Å². The zero-order chi connectivity index (χ0) is 21.6. The number of amides is 2. The third-order valence-corrected chi connectivity index (χ3v) is 3.74. The Kier molecular flexibility index (Phi) is 7.03. The molecule has 1 atom stereocenters. The summed E-state index contributed by atoms with van der Waals surface area (Å²) in [5, 5.41) is 5.17. The van der Waals surface area contributed by atoms with Crippen molar-refractivity contribution >= 4 is 17.7 Å². The summed E-state index contributed by atoms with van der Waals surface area (Å²) in [5.74, 6) is 1.29. The third-order valence-electron chi connectivity index (χ3n) is 3.74. The number of aromatic nitrogens is 1. The highest BCUT2D eigenvalue weighted by atomic mass is 16.6. The van der Waals surface area contributed by atoms with E-state index in [-0.39, 0.29) is 0 Å². The molecule has 1 aromatic heterocycles. The zero-order valence-electron chi connectivity index (χ0n) is 17.5. The lowest BCUT2D eigenvalue weighted by molar-refractivity contribution is -0.117. The number of aryl methyl sites for hydroxylation is 1. The molecule has 1 aromatic carbocycles. The maximum absolute atomic E-state index is 12.3. The van der Waals surface area contributed by atoms with Crippen molar-refractivity contribution < 1.29 is 23.8 Å². The largest absolute Gasteiger partial charge is 0.497 e. The predicted molar refractivity (Wildman–Crippen MR) is 110 cm³/mol. The summed E-state index contributed by atoms with van der Waals surface area (Å²) >= 11 is 0. The molecule has 0 saturated heterocycles. The van der Waals surface area contributed by atoms with Gasteiger partial charge in [0.2, 0.25) is 11.8 Å². The Labute approximate surface area is 170 Å². The van der Waals surface area contributed by atoms with Crippen LogP contribution in [-0.4, -0.2) is 35.7 Å². The molecular weight excluding hydrogens is 374 g/mol. The van der Waals surface area contributed by atoms with Crippen molar-refractivity contribution in [3.05, 3.63) is 42.1 Å². The number of nitrogens with one attached hydrogen (secondary N) is 2. The molecule has 0 radical (unpaired) electrons. The number of rotatable bonds is 6. The van der Waals surface area contributed by atoms with Gasteiger partial charge in [-0.15, -0.1) is 0 Å². The number of pyridine rings is 1. The van der Waals surface area contributed by atoms with Crippen molar-refractivity contribution in [2.45, 2.75) is 46.3 Å². The summed E-state index contributed by atoms with van der Waals surface area (Å²) in [4.78, 5) is 28.2. The normalized spacial score (nSPS) is 11.9. The zero-order valence-corrected chi connectivity index (χ0v) is 17.5. The summed E-state index contributed by atoms with van der Waals surface area (Å²) in [6.07, 6.45) is 0.818. The number of carbonyl (C=O) groups is 2. The molecule has 0 aliphatic heterocycles. The van der Waals surface area contributed by atoms with E-state index in [1.54, 1.807) is 53.0 Å². The van der Waals surface area contributed by atoms with Crippen LogP contribution in [0.15, 0.2) is 36.5 Å². The van der Waals surface area contributed by atoms with Crippen molar-refractivity contribution in [1.82, 2.24) is 10.3 Å². The first-order valence-electron chi connectivity index (χ1n) is 9.16. The highest BCUT2D eigenvalue weighted by molar-refractivity contribution is 5.96. The molecule has 156 valence electrons. The summed E-state index contributed by atoms with van der Waals surface area (Å²) in [7, 11) is 1.59. The fraction of sp³-hybridized carbons (Fsp3) is 0.381. The van der Waals surface area contributed by atoms with Gasteiger partial charge < -0.3 is 24.8 Å². The van der Waals surface area contributed by atoms with Gasteiger partial charge in [-0.2, -0.15) is 0 Å². The topological polar surface area (TPSA) is 98.8 Å². The first kappa shape index (κ1) is 22.0. The standard InChI is InChI=1S/C21H27N3O5/c1-13-7-9-16(27-6)11-17(13)28-18-10-8-15(12-22-18)24-19(25)14(2)23-20(26)29-21(3,4)5/h7-12,14H,1-6H3,(H,23,26)(H,24,25). The Morgan fingerprint density at radius 3 is 2.45 bits per heavy atom. The number of ether oxygens (including phenoxy) is 3. The van der Waals surface area contributed by atoms with Gasteiger partial charge in [-0.25, -0.2) is 9.78 Å². The summed E-state index contributed by atoms with van der Waals surface area (Å²) in [6, 6.07) is 8.04. The summed E-state index contributed by atoms with van der Waals surface area (Å²) < 4.78 is 16.1. The molecule has 8 nitrogen and oxygen atoms in total. The number of hydrogen-bond acceptors (Lipinski definition) is 6. The lowest BCUT2D eigenvalue weighted by Crippen LogP contribution is -2.43. The number of benzene rings is 1. The van der Waals surface area contributed by atoms with Crippen LogP contribution in [-0.2, 0) is 9.53 Å². The molecule has 0 spiro atoms. The van der Waals surface area contributed by atoms with E-state index in [1.807, 2.05) is 19.1 Å². The van der Waals surface area contributed by atoms with Crippen LogP contribution in [0.25, 0.3) is 0 Å². The molecule has 2 rings (SSSR count). The monoisotopic (exact) mass is 401 g/mol. The van der Waals surface area contributed by atoms with Crippen LogP contribution < -0.4 is 20.1 Å². The van der Waals surface area contributed by atoms with E-state index in [0.29, 0.717) is 23.1 Å². The number of carbonyl (C=O) groups excluding carboxylic acids is 2. The molecule has 2 N–H and O–H groups in total. The SMILES string of the molecule is COc1ccc(C)c(Oc2ccc(NC(=O)C(C)NC(=O)OC(C)(C)C)cn2)c1. The smallest absolute Gasteiger partial charge is 0.408 e. The Balaban J connectivity index is 1.95. The first-order valence-corrected chi connectivity index (χ1v) is 9.16. The van der Waals surface area contributed by atoms with E-state index in [1.165, 1.54) is 6.20 Å². The van der Waals surface area contributed by atoms with Gasteiger partial charge in [0.25, 0.3) is 0 Å². The molecule has 0 aliphatic rings. The van der Waals surface area contributed by atoms with E-state index in [0.717, 1.165) is 5.56 Å². The first-order chi connectivity index (χ1) is 13.6. The summed E-state index contributed by atoms with van der Waals surface area (Å²) in [6.45, 7) is 8.73. The second kappa shape index (κ2) is 9.27. The number of anilines is 1. The molecule has 8 heteroatoms. The third kappa shape index (κ3) is 6.99. The minimum absolute atomic E-state index is 0.374. The fourth-order valence-electron chi connectivity index (χ4n) is 2.25. The van der Waals surface area contributed by atoms with Crippen LogP contribution in [0.5, 0.6) is 17.4 Å². The fourth-order valence-corrected chi connectivity index (χ4v) is 2.25. The Morgan fingerprint density at radius 2 is 1.86 bits per heavy atom. The molecule has 1 unspecified atom stereocenters. The number of hydrogen-bond donors (Lipinski definition) is 2.